The lowest BCUT2D eigenvalue weighted by Gasteiger charge is -2.34. The second kappa shape index (κ2) is 11.4. The number of hydrogen-bond acceptors (Lipinski definition) is 4. The zero-order chi connectivity index (χ0) is 20.4. The predicted molar refractivity (Wildman–Crippen MR) is 116 cm³/mol. The van der Waals surface area contributed by atoms with Crippen LogP contribution in [0.3, 0.4) is 0 Å². The average Bonchev–Trinajstić information content (AvgIpc) is 2.69. The number of nitrogens with zero attached hydrogens (tertiary/aromatic N) is 3. The molecule has 0 aromatic heterocycles. The first-order valence-corrected chi connectivity index (χ1v) is 11.8. The van der Waals surface area contributed by atoms with Crippen molar-refractivity contribution in [2.24, 2.45) is 4.99 Å². The van der Waals surface area contributed by atoms with E-state index in [0.717, 1.165) is 32.5 Å². The molecule has 1 unspecified atom stereocenters. The predicted octanol–water partition coefficient (Wildman–Crippen LogP) is 1.49. The van der Waals surface area contributed by atoms with Crippen LogP contribution < -0.4 is 10.6 Å². The van der Waals surface area contributed by atoms with Crippen LogP contribution in [0.25, 0.3) is 0 Å². The van der Waals surface area contributed by atoms with Gasteiger partial charge in [-0.3, -0.25) is 9.89 Å². The molecule has 1 atom stereocenters. The Bertz CT molecular complexity index is 705. The van der Waals surface area contributed by atoms with Crippen molar-refractivity contribution in [1.29, 1.82) is 0 Å². The van der Waals surface area contributed by atoms with Crippen molar-refractivity contribution in [3.63, 3.8) is 0 Å². The number of guanidine groups is 1. The van der Waals surface area contributed by atoms with Crippen LogP contribution in [0.1, 0.15) is 32.3 Å². The molecule has 1 saturated heterocycles. The maximum Gasteiger partial charge on any atom is 0.215 e. The van der Waals surface area contributed by atoms with E-state index in [9.17, 15) is 8.42 Å². The Hall–Kier alpha value is -1.64. The summed E-state index contributed by atoms with van der Waals surface area (Å²) < 4.78 is 26.1. The molecule has 0 aliphatic carbocycles. The van der Waals surface area contributed by atoms with Gasteiger partial charge < -0.3 is 10.6 Å². The SMILES string of the molecule is CCN(CC)S(=O)(=O)CCNC(=NC)NC1CCCN(Cc2ccccc2)C1. The molecule has 0 amide bonds. The van der Waals surface area contributed by atoms with Crippen molar-refractivity contribution >= 4 is 16.0 Å². The number of likely N-dealkylation sites (tertiary alicyclic amines) is 1. The van der Waals surface area contributed by atoms with Gasteiger partial charge in [-0.25, -0.2) is 12.7 Å². The molecular formula is C20H35N5O2S. The van der Waals surface area contributed by atoms with Gasteiger partial charge >= 0.3 is 0 Å². The Morgan fingerprint density at radius 3 is 2.61 bits per heavy atom. The highest BCUT2D eigenvalue weighted by Gasteiger charge is 2.22. The third kappa shape index (κ3) is 7.07. The summed E-state index contributed by atoms with van der Waals surface area (Å²) in [6, 6.07) is 10.8. The highest BCUT2D eigenvalue weighted by atomic mass is 32.2. The number of piperidine rings is 1. The van der Waals surface area contributed by atoms with E-state index in [0.29, 0.717) is 31.6 Å². The molecule has 28 heavy (non-hydrogen) atoms. The van der Waals surface area contributed by atoms with E-state index in [-0.39, 0.29) is 5.75 Å². The lowest BCUT2D eigenvalue weighted by molar-refractivity contribution is 0.192. The van der Waals surface area contributed by atoms with Crippen molar-refractivity contribution in [2.75, 3.05) is 45.5 Å². The third-order valence-corrected chi connectivity index (χ3v) is 7.09. The molecule has 2 N–H and O–H groups in total. The Kier molecular flexibility index (Phi) is 9.21. The van der Waals surface area contributed by atoms with E-state index in [1.165, 1.54) is 9.87 Å². The second-order valence-corrected chi connectivity index (χ2v) is 9.19. The van der Waals surface area contributed by atoms with Gasteiger partial charge in [-0.1, -0.05) is 44.2 Å². The topological polar surface area (TPSA) is 77.0 Å². The fourth-order valence-electron chi connectivity index (χ4n) is 3.59. The highest BCUT2D eigenvalue weighted by Crippen LogP contribution is 2.13. The third-order valence-electron chi connectivity index (χ3n) is 5.07. The smallest absolute Gasteiger partial charge is 0.215 e. The number of hydrogen-bond donors (Lipinski definition) is 2. The van der Waals surface area contributed by atoms with E-state index in [1.54, 1.807) is 7.05 Å². The maximum atomic E-state index is 12.3. The zero-order valence-corrected chi connectivity index (χ0v) is 18.2. The van der Waals surface area contributed by atoms with Gasteiger partial charge in [0, 0.05) is 45.8 Å². The Balaban J connectivity index is 1.80. The lowest BCUT2D eigenvalue weighted by Crippen LogP contribution is -2.51. The summed E-state index contributed by atoms with van der Waals surface area (Å²) in [6.07, 6.45) is 2.22. The van der Waals surface area contributed by atoms with Crippen LogP contribution in [0.15, 0.2) is 35.3 Å². The molecule has 1 aliphatic heterocycles. The van der Waals surface area contributed by atoms with E-state index >= 15 is 0 Å². The molecule has 2 rings (SSSR count). The van der Waals surface area contributed by atoms with Gasteiger partial charge in [0.05, 0.1) is 5.75 Å². The van der Waals surface area contributed by atoms with Crippen molar-refractivity contribution in [2.45, 2.75) is 39.3 Å². The van der Waals surface area contributed by atoms with Crippen LogP contribution in [-0.2, 0) is 16.6 Å². The molecule has 7 nitrogen and oxygen atoms in total. The summed E-state index contributed by atoms with van der Waals surface area (Å²) in [5.74, 6) is 0.737. The molecule has 1 heterocycles. The minimum atomic E-state index is -3.22. The minimum absolute atomic E-state index is 0.0696. The molecule has 158 valence electrons. The minimum Gasteiger partial charge on any atom is -0.355 e. The largest absolute Gasteiger partial charge is 0.355 e. The molecule has 1 aromatic carbocycles. The fourth-order valence-corrected chi connectivity index (χ4v) is 5.00. The molecule has 8 heteroatoms. The molecule has 1 aromatic rings. The van der Waals surface area contributed by atoms with E-state index in [2.05, 4.69) is 44.8 Å². The summed E-state index contributed by atoms with van der Waals surface area (Å²) in [4.78, 5) is 6.72. The van der Waals surface area contributed by atoms with Crippen LogP contribution in [0.4, 0.5) is 0 Å². The van der Waals surface area contributed by atoms with Gasteiger partial charge in [0.25, 0.3) is 0 Å². The average molecular weight is 410 g/mol. The molecule has 1 aliphatic rings. The Labute approximate surface area is 170 Å². The molecule has 0 radical (unpaired) electrons. The number of benzene rings is 1. The van der Waals surface area contributed by atoms with Crippen molar-refractivity contribution in [3.8, 4) is 0 Å². The summed E-state index contributed by atoms with van der Waals surface area (Å²) in [6.45, 7) is 8.08. The van der Waals surface area contributed by atoms with Gasteiger partial charge in [-0.05, 0) is 24.9 Å². The quantitative estimate of drug-likeness (QED) is 0.477. The molecule has 0 saturated carbocycles. The second-order valence-electron chi connectivity index (χ2n) is 7.10. The van der Waals surface area contributed by atoms with E-state index in [4.69, 9.17) is 0 Å². The van der Waals surface area contributed by atoms with Gasteiger partial charge in [0.1, 0.15) is 0 Å². The van der Waals surface area contributed by atoms with Crippen molar-refractivity contribution in [1.82, 2.24) is 19.8 Å². The van der Waals surface area contributed by atoms with Gasteiger partial charge in [0.15, 0.2) is 5.96 Å². The van der Waals surface area contributed by atoms with Crippen molar-refractivity contribution < 1.29 is 8.42 Å². The first kappa shape index (κ1) is 22.6. The van der Waals surface area contributed by atoms with Crippen LogP contribution in [-0.4, -0.2) is 75.1 Å². The molecule has 0 spiro atoms. The summed E-state index contributed by atoms with van der Waals surface area (Å²) in [5, 5.41) is 6.61. The van der Waals surface area contributed by atoms with Gasteiger partial charge in [0.2, 0.25) is 10.0 Å². The van der Waals surface area contributed by atoms with E-state index < -0.39 is 10.0 Å². The lowest BCUT2D eigenvalue weighted by atomic mass is 10.0. The normalized spacial score (nSPS) is 19.0. The number of rotatable bonds is 9. The molecular weight excluding hydrogens is 374 g/mol. The molecule has 1 fully saturated rings. The number of nitrogens with one attached hydrogen (secondary N) is 2. The summed E-state index contributed by atoms with van der Waals surface area (Å²) in [5.41, 5.74) is 1.33. The summed E-state index contributed by atoms with van der Waals surface area (Å²) >= 11 is 0. The fraction of sp³-hybridized carbons (Fsp3) is 0.650. The Morgan fingerprint density at radius 1 is 1.25 bits per heavy atom. The maximum absolute atomic E-state index is 12.3. The zero-order valence-electron chi connectivity index (χ0n) is 17.4. The standard InChI is InChI=1S/C20H35N5O2S/c1-4-25(5-2)28(26,27)15-13-22-20(21-3)23-19-12-9-14-24(17-19)16-18-10-7-6-8-11-18/h6-8,10-11,19H,4-5,9,12-17H2,1-3H3,(H2,21,22,23). The Morgan fingerprint density at radius 2 is 1.96 bits per heavy atom. The van der Waals surface area contributed by atoms with Crippen molar-refractivity contribution in [3.05, 3.63) is 35.9 Å². The highest BCUT2D eigenvalue weighted by molar-refractivity contribution is 7.89. The first-order valence-electron chi connectivity index (χ1n) is 10.2. The van der Waals surface area contributed by atoms with Crippen LogP contribution in [0.2, 0.25) is 0 Å². The van der Waals surface area contributed by atoms with Gasteiger partial charge in [-0.15, -0.1) is 0 Å². The summed E-state index contributed by atoms with van der Waals surface area (Å²) in [7, 11) is -1.50. The molecule has 0 bridgehead atoms. The van der Waals surface area contributed by atoms with Gasteiger partial charge in [-0.2, -0.15) is 0 Å². The first-order chi connectivity index (χ1) is 13.5. The van der Waals surface area contributed by atoms with Crippen LogP contribution in [0, 0.1) is 0 Å². The number of aliphatic imine (C=N–C) groups is 1. The number of sulfonamides is 1. The monoisotopic (exact) mass is 409 g/mol. The van der Waals surface area contributed by atoms with Crippen LogP contribution in [0.5, 0.6) is 0 Å². The van der Waals surface area contributed by atoms with Crippen LogP contribution >= 0.6 is 0 Å². The van der Waals surface area contributed by atoms with E-state index in [1.807, 2.05) is 19.9 Å².